The molecule has 5 nitrogen and oxygen atoms in total. The molecule has 0 radical (unpaired) electrons. The monoisotopic (exact) mass is 258 g/mol. The van der Waals surface area contributed by atoms with Crippen molar-refractivity contribution in [2.75, 3.05) is 5.32 Å². The molecule has 1 aromatic heterocycles. The highest BCUT2D eigenvalue weighted by Gasteiger charge is 2.22. The van der Waals surface area contributed by atoms with Crippen molar-refractivity contribution in [1.82, 2.24) is 10.1 Å². The molecule has 1 aliphatic carbocycles. The van der Waals surface area contributed by atoms with E-state index in [0.29, 0.717) is 23.8 Å². The van der Waals surface area contributed by atoms with E-state index in [1.165, 1.54) is 0 Å². The van der Waals surface area contributed by atoms with Crippen LogP contribution in [-0.4, -0.2) is 22.2 Å². The minimum absolute atomic E-state index is 0.315. The first kappa shape index (κ1) is 12.2. The third-order valence-corrected chi connectivity index (χ3v) is 3.52. The fourth-order valence-corrected chi connectivity index (χ4v) is 2.57. The van der Waals surface area contributed by atoms with Gasteiger partial charge in [-0.05, 0) is 38.3 Å². The molecule has 0 spiro atoms. The van der Waals surface area contributed by atoms with Gasteiger partial charge in [0.1, 0.15) is 0 Å². The smallest absolute Gasteiger partial charge is 0.260 e. The van der Waals surface area contributed by atoms with E-state index in [4.69, 9.17) is 10.3 Å². The summed E-state index contributed by atoms with van der Waals surface area (Å²) in [4.78, 5) is 4.29. The van der Waals surface area contributed by atoms with Gasteiger partial charge in [-0.2, -0.15) is 4.98 Å². The summed E-state index contributed by atoms with van der Waals surface area (Å²) in [5, 5.41) is 7.38. The van der Waals surface area contributed by atoms with Gasteiger partial charge in [-0.3, -0.25) is 0 Å². The number of nitrogens with one attached hydrogen (secondary N) is 1. The van der Waals surface area contributed by atoms with Crippen LogP contribution in [0.2, 0.25) is 0 Å². The molecule has 1 heterocycles. The van der Waals surface area contributed by atoms with Crippen molar-refractivity contribution in [2.45, 2.75) is 38.3 Å². The maximum absolute atomic E-state index is 5.95. The number of hydrogen-bond acceptors (Lipinski definition) is 5. The Morgan fingerprint density at radius 3 is 2.84 bits per heavy atom. The van der Waals surface area contributed by atoms with Gasteiger partial charge < -0.3 is 15.6 Å². The molecule has 19 heavy (non-hydrogen) atoms. The summed E-state index contributed by atoms with van der Waals surface area (Å²) < 4.78 is 5.25. The second-order valence-electron chi connectivity index (χ2n) is 5.11. The molecule has 3 N–H and O–H groups in total. The Balaban J connectivity index is 1.85. The summed E-state index contributed by atoms with van der Waals surface area (Å²) >= 11 is 0. The Labute approximate surface area is 112 Å². The number of rotatable bonds is 3. The van der Waals surface area contributed by atoms with E-state index >= 15 is 0 Å². The van der Waals surface area contributed by atoms with Crippen LogP contribution >= 0.6 is 0 Å². The molecule has 0 amide bonds. The Bertz CT molecular complexity index is 566. The van der Waals surface area contributed by atoms with Gasteiger partial charge in [0.05, 0.1) is 5.56 Å². The van der Waals surface area contributed by atoms with Crippen LogP contribution < -0.4 is 11.1 Å². The SMILES string of the molecule is Cc1noc(-c2ccccc2NC2CCC(N)C2)n1. The van der Waals surface area contributed by atoms with Gasteiger partial charge in [0.15, 0.2) is 5.82 Å². The number of aryl methyl sites for hydroxylation is 1. The highest BCUT2D eigenvalue weighted by Crippen LogP contribution is 2.29. The lowest BCUT2D eigenvalue weighted by molar-refractivity contribution is 0.425. The van der Waals surface area contributed by atoms with Crippen LogP contribution in [0.5, 0.6) is 0 Å². The summed E-state index contributed by atoms with van der Waals surface area (Å²) in [6.07, 6.45) is 3.20. The molecule has 0 bridgehead atoms. The minimum Gasteiger partial charge on any atom is -0.382 e. The van der Waals surface area contributed by atoms with Crippen molar-refractivity contribution in [1.29, 1.82) is 0 Å². The lowest BCUT2D eigenvalue weighted by atomic mass is 10.1. The van der Waals surface area contributed by atoms with Gasteiger partial charge in [-0.25, -0.2) is 0 Å². The molecular weight excluding hydrogens is 240 g/mol. The van der Waals surface area contributed by atoms with E-state index in [1.54, 1.807) is 0 Å². The summed E-state index contributed by atoms with van der Waals surface area (Å²) in [5.74, 6) is 1.20. The number of aromatic nitrogens is 2. The lowest BCUT2D eigenvalue weighted by Gasteiger charge is -2.15. The highest BCUT2D eigenvalue weighted by molar-refractivity contribution is 5.72. The number of anilines is 1. The first-order chi connectivity index (χ1) is 9.22. The molecule has 2 atom stereocenters. The molecule has 2 aromatic rings. The van der Waals surface area contributed by atoms with Gasteiger partial charge in [-0.1, -0.05) is 17.3 Å². The van der Waals surface area contributed by atoms with Crippen molar-refractivity contribution < 1.29 is 4.52 Å². The molecule has 2 unspecified atom stereocenters. The molecule has 1 aromatic carbocycles. The summed E-state index contributed by atoms with van der Waals surface area (Å²) in [6, 6.07) is 8.75. The van der Waals surface area contributed by atoms with Crippen LogP contribution in [0.1, 0.15) is 25.1 Å². The van der Waals surface area contributed by atoms with E-state index in [-0.39, 0.29) is 0 Å². The van der Waals surface area contributed by atoms with E-state index in [1.807, 2.05) is 31.2 Å². The quantitative estimate of drug-likeness (QED) is 0.883. The first-order valence-electron chi connectivity index (χ1n) is 6.64. The largest absolute Gasteiger partial charge is 0.382 e. The normalized spacial score (nSPS) is 22.6. The Kier molecular flexibility index (Phi) is 3.21. The molecule has 100 valence electrons. The van der Waals surface area contributed by atoms with E-state index in [9.17, 15) is 0 Å². The average molecular weight is 258 g/mol. The third-order valence-electron chi connectivity index (χ3n) is 3.52. The Morgan fingerprint density at radius 2 is 2.16 bits per heavy atom. The van der Waals surface area contributed by atoms with Gasteiger partial charge in [0.2, 0.25) is 0 Å². The van der Waals surface area contributed by atoms with Crippen molar-refractivity contribution in [3.05, 3.63) is 30.1 Å². The molecule has 1 saturated carbocycles. The number of nitrogens with zero attached hydrogens (tertiary/aromatic N) is 2. The molecule has 1 fully saturated rings. The van der Waals surface area contributed by atoms with Crippen molar-refractivity contribution in [3.63, 3.8) is 0 Å². The zero-order valence-corrected chi connectivity index (χ0v) is 11.0. The molecule has 3 rings (SSSR count). The summed E-state index contributed by atoms with van der Waals surface area (Å²) in [6.45, 7) is 1.82. The van der Waals surface area contributed by atoms with Crippen LogP contribution in [0.3, 0.4) is 0 Å². The van der Waals surface area contributed by atoms with Crippen LogP contribution in [0.15, 0.2) is 28.8 Å². The molecule has 5 heteroatoms. The molecule has 0 saturated heterocycles. The van der Waals surface area contributed by atoms with Gasteiger partial charge in [0, 0.05) is 17.8 Å². The van der Waals surface area contributed by atoms with Crippen LogP contribution in [0.4, 0.5) is 5.69 Å². The zero-order valence-electron chi connectivity index (χ0n) is 11.0. The maximum atomic E-state index is 5.95. The molecule has 1 aliphatic rings. The first-order valence-corrected chi connectivity index (χ1v) is 6.64. The van der Waals surface area contributed by atoms with Crippen LogP contribution in [0, 0.1) is 6.92 Å². The number of nitrogens with two attached hydrogens (primary N) is 1. The minimum atomic E-state index is 0.315. The van der Waals surface area contributed by atoms with Crippen molar-refractivity contribution in [2.24, 2.45) is 5.73 Å². The molecular formula is C14H18N4O. The van der Waals surface area contributed by atoms with Crippen molar-refractivity contribution >= 4 is 5.69 Å². The third kappa shape index (κ3) is 2.61. The summed E-state index contributed by atoms with van der Waals surface area (Å²) in [5.41, 5.74) is 7.93. The Morgan fingerprint density at radius 1 is 1.32 bits per heavy atom. The van der Waals surface area contributed by atoms with E-state index < -0.39 is 0 Å². The second-order valence-corrected chi connectivity index (χ2v) is 5.11. The maximum Gasteiger partial charge on any atom is 0.260 e. The predicted octanol–water partition coefficient (Wildman–Crippen LogP) is 2.34. The zero-order chi connectivity index (χ0) is 13.2. The van der Waals surface area contributed by atoms with Crippen LogP contribution in [0.25, 0.3) is 11.5 Å². The number of benzene rings is 1. The average Bonchev–Trinajstić information content (AvgIpc) is 2.99. The van der Waals surface area contributed by atoms with E-state index in [0.717, 1.165) is 30.5 Å². The Hall–Kier alpha value is -1.88. The van der Waals surface area contributed by atoms with Crippen LogP contribution in [-0.2, 0) is 0 Å². The van der Waals surface area contributed by atoms with Gasteiger partial charge >= 0.3 is 0 Å². The predicted molar refractivity (Wildman–Crippen MR) is 73.7 cm³/mol. The summed E-state index contributed by atoms with van der Waals surface area (Å²) in [7, 11) is 0. The van der Waals surface area contributed by atoms with Gasteiger partial charge in [0.25, 0.3) is 5.89 Å². The molecule has 0 aliphatic heterocycles. The standard InChI is InChI=1S/C14H18N4O/c1-9-16-14(19-18-9)12-4-2-3-5-13(12)17-11-7-6-10(15)8-11/h2-5,10-11,17H,6-8,15H2,1H3. The number of hydrogen-bond donors (Lipinski definition) is 2. The number of para-hydroxylation sites is 1. The van der Waals surface area contributed by atoms with Gasteiger partial charge in [-0.15, -0.1) is 0 Å². The second kappa shape index (κ2) is 5.01. The fourth-order valence-electron chi connectivity index (χ4n) is 2.57. The highest BCUT2D eigenvalue weighted by atomic mass is 16.5. The topological polar surface area (TPSA) is 77.0 Å². The van der Waals surface area contributed by atoms with E-state index in [2.05, 4.69) is 15.5 Å². The fraction of sp³-hybridized carbons (Fsp3) is 0.429. The lowest BCUT2D eigenvalue weighted by Crippen LogP contribution is -2.21. The van der Waals surface area contributed by atoms with Crippen molar-refractivity contribution in [3.8, 4) is 11.5 Å².